The Morgan fingerprint density at radius 3 is 2.43 bits per heavy atom. The van der Waals surface area contributed by atoms with E-state index < -0.39 is 11.2 Å². The normalized spacial score (nSPS) is 11.2. The molecule has 2 aromatic carbocycles. The number of carbonyl (C=O) groups is 1. The molecule has 0 unspecified atom stereocenters. The van der Waals surface area contributed by atoms with Gasteiger partial charge in [-0.05, 0) is 42.7 Å². The summed E-state index contributed by atoms with van der Waals surface area (Å²) in [6, 6.07) is 12.6. The van der Waals surface area contributed by atoms with Crippen molar-refractivity contribution in [1.29, 1.82) is 0 Å². The second-order valence-corrected chi connectivity index (χ2v) is 7.62. The van der Waals surface area contributed by atoms with Crippen LogP contribution >= 0.6 is 0 Å². The molecule has 0 saturated heterocycles. The van der Waals surface area contributed by atoms with Crippen LogP contribution in [0.3, 0.4) is 0 Å². The number of amides is 1. The molecule has 0 aliphatic rings. The molecule has 7 nitrogen and oxygen atoms in total. The van der Waals surface area contributed by atoms with Crippen LogP contribution in [-0.2, 0) is 16.1 Å². The molecule has 1 N–H and O–H groups in total. The third-order valence-corrected chi connectivity index (χ3v) is 5.05. The molecule has 7 heteroatoms. The molecule has 0 saturated carbocycles. The van der Waals surface area contributed by atoms with E-state index in [-0.39, 0.29) is 12.5 Å². The summed E-state index contributed by atoms with van der Waals surface area (Å²) in [5, 5.41) is 3.11. The molecule has 30 heavy (non-hydrogen) atoms. The van der Waals surface area contributed by atoms with Gasteiger partial charge < -0.3 is 10.1 Å². The number of nitrogens with zero attached hydrogens (tertiary/aromatic N) is 2. The summed E-state index contributed by atoms with van der Waals surface area (Å²) in [4.78, 5) is 38.9. The molecule has 0 atom stereocenters. The van der Waals surface area contributed by atoms with Crippen LogP contribution in [0.15, 0.2) is 52.1 Å². The topological polar surface area (TPSA) is 82.3 Å². The van der Waals surface area contributed by atoms with E-state index in [0.29, 0.717) is 35.7 Å². The van der Waals surface area contributed by atoms with Crippen LogP contribution in [0.2, 0.25) is 0 Å². The third-order valence-electron chi connectivity index (χ3n) is 5.05. The molecule has 0 aliphatic carbocycles. The predicted octanol–water partition coefficient (Wildman–Crippen LogP) is 2.35. The van der Waals surface area contributed by atoms with Crippen molar-refractivity contribution in [2.24, 2.45) is 0 Å². The van der Waals surface area contributed by atoms with Gasteiger partial charge in [-0.3, -0.25) is 14.2 Å². The zero-order chi connectivity index (χ0) is 21.8. The van der Waals surface area contributed by atoms with Crippen molar-refractivity contribution in [2.75, 3.05) is 20.3 Å². The smallest absolute Gasteiger partial charge is 0.336 e. The van der Waals surface area contributed by atoms with Gasteiger partial charge in [-0.25, -0.2) is 9.36 Å². The quantitative estimate of drug-likeness (QED) is 0.608. The molecule has 158 valence electrons. The Kier molecular flexibility index (Phi) is 6.52. The highest BCUT2D eigenvalue weighted by Gasteiger charge is 2.17. The summed E-state index contributed by atoms with van der Waals surface area (Å²) in [6.07, 6.45) is 0. The highest BCUT2D eigenvalue weighted by Crippen LogP contribution is 2.17. The minimum absolute atomic E-state index is 0.188. The van der Waals surface area contributed by atoms with Gasteiger partial charge in [-0.15, -0.1) is 0 Å². The van der Waals surface area contributed by atoms with Gasteiger partial charge in [0, 0.05) is 13.7 Å². The van der Waals surface area contributed by atoms with E-state index in [1.165, 1.54) is 4.57 Å². The fourth-order valence-electron chi connectivity index (χ4n) is 3.37. The largest absolute Gasteiger partial charge is 0.383 e. The van der Waals surface area contributed by atoms with Crippen molar-refractivity contribution in [1.82, 2.24) is 14.5 Å². The predicted molar refractivity (Wildman–Crippen MR) is 118 cm³/mol. The van der Waals surface area contributed by atoms with Crippen molar-refractivity contribution in [3.8, 4) is 5.69 Å². The maximum atomic E-state index is 13.3. The van der Waals surface area contributed by atoms with E-state index >= 15 is 0 Å². The lowest BCUT2D eigenvalue weighted by Gasteiger charge is -2.15. The summed E-state index contributed by atoms with van der Waals surface area (Å²) < 4.78 is 7.42. The average Bonchev–Trinajstić information content (AvgIpc) is 2.72. The molecular formula is C23H27N3O4. The fraction of sp³-hybridized carbons (Fsp3) is 0.348. The Hall–Kier alpha value is -3.19. The molecule has 0 radical (unpaired) electrons. The standard InChI is InChI=1S/C23H27N3O4/c1-15(2)17-6-8-18(9-7-17)26-22(28)19-13-16(3)5-10-20(19)25(23(26)29)14-21(27)24-11-12-30-4/h5-10,13,15H,11-12,14H2,1-4H3,(H,24,27). The first-order chi connectivity index (χ1) is 14.3. The molecule has 3 aromatic rings. The lowest BCUT2D eigenvalue weighted by molar-refractivity contribution is -0.121. The van der Waals surface area contributed by atoms with E-state index in [4.69, 9.17) is 4.74 Å². The number of methoxy groups -OCH3 is 1. The summed E-state index contributed by atoms with van der Waals surface area (Å²) in [5.74, 6) is 0.0128. The Balaban J connectivity index is 2.17. The maximum absolute atomic E-state index is 13.3. The van der Waals surface area contributed by atoms with Crippen molar-refractivity contribution in [2.45, 2.75) is 33.2 Å². The van der Waals surface area contributed by atoms with Crippen LogP contribution < -0.4 is 16.6 Å². The summed E-state index contributed by atoms with van der Waals surface area (Å²) in [7, 11) is 1.55. The first-order valence-electron chi connectivity index (χ1n) is 9.95. The van der Waals surface area contributed by atoms with Crippen molar-refractivity contribution >= 4 is 16.8 Å². The first-order valence-corrected chi connectivity index (χ1v) is 9.95. The molecular weight excluding hydrogens is 382 g/mol. The monoisotopic (exact) mass is 409 g/mol. The van der Waals surface area contributed by atoms with E-state index in [1.54, 1.807) is 31.4 Å². The minimum atomic E-state index is -0.546. The van der Waals surface area contributed by atoms with Crippen LogP contribution in [0.4, 0.5) is 0 Å². The van der Waals surface area contributed by atoms with E-state index in [1.807, 2.05) is 25.1 Å². The Bertz CT molecular complexity index is 1170. The Morgan fingerprint density at radius 1 is 1.10 bits per heavy atom. The summed E-state index contributed by atoms with van der Waals surface area (Å²) >= 11 is 0. The van der Waals surface area contributed by atoms with Crippen LogP contribution in [0.1, 0.15) is 30.9 Å². The molecule has 0 spiro atoms. The number of aromatic nitrogens is 2. The van der Waals surface area contributed by atoms with Crippen LogP contribution in [-0.4, -0.2) is 35.3 Å². The van der Waals surface area contributed by atoms with Crippen LogP contribution in [0, 0.1) is 6.92 Å². The molecule has 1 aromatic heterocycles. The molecule has 0 fully saturated rings. The number of benzene rings is 2. The van der Waals surface area contributed by atoms with Crippen molar-refractivity contribution in [3.05, 3.63) is 74.4 Å². The maximum Gasteiger partial charge on any atom is 0.336 e. The zero-order valence-electron chi connectivity index (χ0n) is 17.8. The molecule has 0 aliphatic heterocycles. The second-order valence-electron chi connectivity index (χ2n) is 7.62. The van der Waals surface area contributed by atoms with Gasteiger partial charge in [0.15, 0.2) is 0 Å². The number of aryl methyl sites for hydroxylation is 1. The molecule has 0 bridgehead atoms. The highest BCUT2D eigenvalue weighted by atomic mass is 16.5. The molecule has 1 amide bonds. The second kappa shape index (κ2) is 9.09. The number of nitrogens with one attached hydrogen (secondary N) is 1. The number of rotatable bonds is 7. The van der Waals surface area contributed by atoms with E-state index in [2.05, 4.69) is 19.2 Å². The van der Waals surface area contributed by atoms with E-state index in [9.17, 15) is 14.4 Å². The Morgan fingerprint density at radius 2 is 1.80 bits per heavy atom. The van der Waals surface area contributed by atoms with Crippen LogP contribution in [0.25, 0.3) is 16.6 Å². The number of hydrogen-bond acceptors (Lipinski definition) is 4. The van der Waals surface area contributed by atoms with Gasteiger partial charge in [0.2, 0.25) is 5.91 Å². The van der Waals surface area contributed by atoms with Gasteiger partial charge in [0.25, 0.3) is 5.56 Å². The number of hydrogen-bond donors (Lipinski definition) is 1. The van der Waals surface area contributed by atoms with Gasteiger partial charge in [0.1, 0.15) is 6.54 Å². The van der Waals surface area contributed by atoms with Crippen LogP contribution in [0.5, 0.6) is 0 Å². The lowest BCUT2D eigenvalue weighted by Crippen LogP contribution is -2.42. The average molecular weight is 409 g/mol. The number of carbonyl (C=O) groups excluding carboxylic acids is 1. The third kappa shape index (κ3) is 4.36. The van der Waals surface area contributed by atoms with Crippen molar-refractivity contribution in [3.63, 3.8) is 0 Å². The lowest BCUT2D eigenvalue weighted by atomic mass is 10.0. The molecule has 1 heterocycles. The van der Waals surface area contributed by atoms with Gasteiger partial charge in [-0.1, -0.05) is 37.6 Å². The SMILES string of the molecule is COCCNC(=O)Cn1c(=O)n(-c2ccc(C(C)C)cc2)c(=O)c2cc(C)ccc21. The van der Waals surface area contributed by atoms with Crippen molar-refractivity contribution < 1.29 is 9.53 Å². The number of ether oxygens (including phenoxy) is 1. The number of fused-ring (bicyclic) bond motifs is 1. The van der Waals surface area contributed by atoms with Gasteiger partial charge in [0.05, 0.1) is 23.2 Å². The first kappa shape index (κ1) is 21.5. The molecule has 3 rings (SSSR count). The van der Waals surface area contributed by atoms with E-state index in [0.717, 1.165) is 15.7 Å². The zero-order valence-corrected chi connectivity index (χ0v) is 17.8. The van der Waals surface area contributed by atoms with Gasteiger partial charge in [-0.2, -0.15) is 0 Å². The Labute approximate surface area is 174 Å². The summed E-state index contributed by atoms with van der Waals surface area (Å²) in [6.45, 7) is 6.57. The summed E-state index contributed by atoms with van der Waals surface area (Å²) in [5.41, 5.74) is 1.98. The van der Waals surface area contributed by atoms with Gasteiger partial charge >= 0.3 is 5.69 Å². The highest BCUT2D eigenvalue weighted by molar-refractivity contribution is 5.82. The fourth-order valence-corrected chi connectivity index (χ4v) is 3.37. The minimum Gasteiger partial charge on any atom is -0.383 e.